The highest BCUT2D eigenvalue weighted by Crippen LogP contribution is 2.49. The van der Waals surface area contributed by atoms with Crippen LogP contribution >= 0.6 is 0 Å². The summed E-state index contributed by atoms with van der Waals surface area (Å²) in [5.74, 6) is 0.779. The lowest BCUT2D eigenvalue weighted by atomic mass is 9.61. The highest BCUT2D eigenvalue weighted by atomic mass is 16.5. The van der Waals surface area contributed by atoms with E-state index in [1.807, 2.05) is 0 Å². The molecule has 4 saturated heterocycles. The number of rotatable bonds is 1. The number of esters is 1. The second kappa shape index (κ2) is 3.70. The van der Waals surface area contributed by atoms with Crippen LogP contribution in [0.5, 0.6) is 0 Å². The monoisotopic (exact) mass is 224 g/mol. The third-order valence-electron chi connectivity index (χ3n) is 4.90. The van der Waals surface area contributed by atoms with Crippen molar-refractivity contribution >= 4 is 5.97 Å². The van der Waals surface area contributed by atoms with Crippen LogP contribution in [-0.4, -0.2) is 50.7 Å². The number of carbonyl (C=O) groups excluding carboxylic acids is 1. The van der Waals surface area contributed by atoms with Gasteiger partial charge in [0.15, 0.2) is 0 Å². The molecule has 16 heavy (non-hydrogen) atoms. The number of hydrogen-bond acceptors (Lipinski definition) is 4. The van der Waals surface area contributed by atoms with Gasteiger partial charge in [0.25, 0.3) is 0 Å². The third kappa shape index (κ3) is 1.32. The standard InChI is InChI=1S/C12H20N2O2/c1-16-11(15)10-6-13-7-12(10)8-14-4-2-9(12)3-5-14/h9-10,13H,2-8H2,1H3. The zero-order valence-corrected chi connectivity index (χ0v) is 9.87. The molecule has 0 aromatic heterocycles. The maximum atomic E-state index is 11.9. The molecule has 4 fully saturated rings. The lowest BCUT2D eigenvalue weighted by Gasteiger charge is -2.53. The number of nitrogens with one attached hydrogen (secondary N) is 1. The van der Waals surface area contributed by atoms with Gasteiger partial charge in [0, 0.05) is 25.0 Å². The van der Waals surface area contributed by atoms with Crippen LogP contribution in [0.1, 0.15) is 12.8 Å². The fraction of sp³-hybridized carbons (Fsp3) is 0.917. The molecule has 0 aliphatic carbocycles. The molecule has 90 valence electrons. The van der Waals surface area contributed by atoms with E-state index in [4.69, 9.17) is 4.74 Å². The first-order valence-electron chi connectivity index (χ1n) is 6.27. The molecule has 4 heterocycles. The summed E-state index contributed by atoms with van der Waals surface area (Å²) >= 11 is 0. The highest BCUT2D eigenvalue weighted by Gasteiger charge is 2.56. The normalized spacial score (nSPS) is 46.2. The van der Waals surface area contributed by atoms with Gasteiger partial charge in [-0.2, -0.15) is 0 Å². The summed E-state index contributed by atoms with van der Waals surface area (Å²) in [6, 6.07) is 0. The van der Waals surface area contributed by atoms with E-state index in [2.05, 4.69) is 10.2 Å². The van der Waals surface area contributed by atoms with Gasteiger partial charge >= 0.3 is 5.97 Å². The molecule has 0 radical (unpaired) electrons. The summed E-state index contributed by atoms with van der Waals surface area (Å²) < 4.78 is 4.97. The van der Waals surface area contributed by atoms with Crippen molar-refractivity contribution in [3.63, 3.8) is 0 Å². The number of nitrogens with zero attached hydrogens (tertiary/aromatic N) is 1. The van der Waals surface area contributed by atoms with E-state index in [0.29, 0.717) is 0 Å². The zero-order valence-electron chi connectivity index (χ0n) is 9.87. The van der Waals surface area contributed by atoms with Gasteiger partial charge in [-0.15, -0.1) is 0 Å². The lowest BCUT2D eigenvalue weighted by molar-refractivity contribution is -0.154. The molecule has 4 rings (SSSR count). The Balaban J connectivity index is 1.88. The minimum absolute atomic E-state index is 0.0150. The molecular formula is C12H20N2O2. The van der Waals surface area contributed by atoms with E-state index < -0.39 is 0 Å². The van der Waals surface area contributed by atoms with Crippen molar-refractivity contribution in [3.05, 3.63) is 0 Å². The van der Waals surface area contributed by atoms with Gasteiger partial charge in [-0.3, -0.25) is 4.79 Å². The summed E-state index contributed by atoms with van der Waals surface area (Å²) in [6.07, 6.45) is 2.52. The quantitative estimate of drug-likeness (QED) is 0.641. The van der Waals surface area contributed by atoms with Crippen LogP contribution in [0, 0.1) is 17.3 Å². The molecule has 2 atom stereocenters. The first-order valence-corrected chi connectivity index (χ1v) is 6.27. The molecule has 4 aliphatic heterocycles. The van der Waals surface area contributed by atoms with Crippen LogP contribution in [0.25, 0.3) is 0 Å². The fourth-order valence-corrected chi connectivity index (χ4v) is 4.04. The first-order chi connectivity index (χ1) is 7.76. The number of ether oxygens (including phenoxy) is 1. The molecule has 0 aromatic rings. The summed E-state index contributed by atoms with van der Waals surface area (Å²) in [4.78, 5) is 14.4. The van der Waals surface area contributed by atoms with E-state index in [0.717, 1.165) is 25.6 Å². The molecule has 0 saturated carbocycles. The molecule has 2 unspecified atom stereocenters. The third-order valence-corrected chi connectivity index (χ3v) is 4.90. The predicted molar refractivity (Wildman–Crippen MR) is 60.0 cm³/mol. The summed E-state index contributed by atoms with van der Waals surface area (Å²) in [7, 11) is 1.51. The smallest absolute Gasteiger partial charge is 0.310 e. The molecule has 4 nitrogen and oxygen atoms in total. The van der Waals surface area contributed by atoms with Crippen LogP contribution in [0.2, 0.25) is 0 Å². The number of hydrogen-bond donors (Lipinski definition) is 1. The SMILES string of the molecule is COC(=O)C1CNCC12CN1CCC2CC1. The van der Waals surface area contributed by atoms with Gasteiger partial charge in [-0.1, -0.05) is 0 Å². The number of carbonyl (C=O) groups is 1. The van der Waals surface area contributed by atoms with E-state index in [9.17, 15) is 4.79 Å². The van der Waals surface area contributed by atoms with Crippen LogP contribution in [0.15, 0.2) is 0 Å². The molecule has 1 N–H and O–H groups in total. The van der Waals surface area contributed by atoms with Crippen molar-refractivity contribution in [1.29, 1.82) is 0 Å². The van der Waals surface area contributed by atoms with Gasteiger partial charge in [0.2, 0.25) is 0 Å². The minimum atomic E-state index is -0.0150. The maximum Gasteiger partial charge on any atom is 0.310 e. The second-order valence-corrected chi connectivity index (χ2v) is 5.49. The van der Waals surface area contributed by atoms with Gasteiger partial charge in [0.1, 0.15) is 0 Å². The molecule has 4 heteroatoms. The van der Waals surface area contributed by atoms with Gasteiger partial charge in [0.05, 0.1) is 13.0 Å². The Morgan fingerprint density at radius 3 is 2.75 bits per heavy atom. The van der Waals surface area contributed by atoms with Crippen molar-refractivity contribution in [3.8, 4) is 0 Å². The largest absolute Gasteiger partial charge is 0.469 e. The molecule has 1 spiro atoms. The number of fused-ring (bicyclic) bond motifs is 2. The van der Waals surface area contributed by atoms with E-state index in [1.54, 1.807) is 0 Å². The lowest BCUT2D eigenvalue weighted by Crippen LogP contribution is -2.59. The average molecular weight is 224 g/mol. The topological polar surface area (TPSA) is 41.6 Å². The predicted octanol–water partition coefficient (Wildman–Crippen LogP) is 0.0908. The van der Waals surface area contributed by atoms with Gasteiger partial charge in [-0.25, -0.2) is 0 Å². The number of piperidine rings is 3. The van der Waals surface area contributed by atoms with Crippen LogP contribution in [0.4, 0.5) is 0 Å². The summed E-state index contributed by atoms with van der Waals surface area (Å²) in [5.41, 5.74) is 0.170. The Kier molecular flexibility index (Phi) is 2.44. The molecule has 0 amide bonds. The van der Waals surface area contributed by atoms with E-state index in [1.165, 1.54) is 33.0 Å². The van der Waals surface area contributed by atoms with Crippen molar-refractivity contribution in [1.82, 2.24) is 10.2 Å². The van der Waals surface area contributed by atoms with Gasteiger partial charge < -0.3 is 15.0 Å². The van der Waals surface area contributed by atoms with Crippen LogP contribution in [-0.2, 0) is 9.53 Å². The Labute approximate surface area is 96.3 Å². The minimum Gasteiger partial charge on any atom is -0.469 e. The Morgan fingerprint density at radius 1 is 1.44 bits per heavy atom. The summed E-state index contributed by atoms with van der Waals surface area (Å²) in [6.45, 7) is 5.33. The Bertz CT molecular complexity index is 299. The Morgan fingerprint density at radius 2 is 2.19 bits per heavy atom. The molecule has 2 bridgehead atoms. The maximum absolute atomic E-state index is 11.9. The van der Waals surface area contributed by atoms with Crippen molar-refractivity contribution < 1.29 is 9.53 Å². The molecule has 4 aliphatic rings. The summed E-state index contributed by atoms with van der Waals surface area (Å²) in [5, 5.41) is 3.41. The van der Waals surface area contributed by atoms with E-state index in [-0.39, 0.29) is 17.3 Å². The van der Waals surface area contributed by atoms with E-state index >= 15 is 0 Å². The molecular weight excluding hydrogens is 204 g/mol. The average Bonchev–Trinajstić information content (AvgIpc) is 2.73. The highest BCUT2D eigenvalue weighted by molar-refractivity contribution is 5.74. The Hall–Kier alpha value is -0.610. The van der Waals surface area contributed by atoms with Crippen molar-refractivity contribution in [2.75, 3.05) is 39.8 Å². The second-order valence-electron chi connectivity index (χ2n) is 5.49. The fourth-order valence-electron chi connectivity index (χ4n) is 4.04. The molecule has 0 aromatic carbocycles. The van der Waals surface area contributed by atoms with Crippen molar-refractivity contribution in [2.24, 2.45) is 17.3 Å². The first kappa shape index (κ1) is 10.5. The van der Waals surface area contributed by atoms with Crippen LogP contribution < -0.4 is 5.32 Å². The van der Waals surface area contributed by atoms with Gasteiger partial charge in [-0.05, 0) is 31.8 Å². The van der Waals surface area contributed by atoms with Crippen LogP contribution in [0.3, 0.4) is 0 Å². The number of methoxy groups -OCH3 is 1. The van der Waals surface area contributed by atoms with Crippen molar-refractivity contribution in [2.45, 2.75) is 12.8 Å². The zero-order chi connectivity index (χ0) is 11.2.